The molecule has 9 nitrogen and oxygen atoms in total. The zero-order valence-corrected chi connectivity index (χ0v) is 19.0. The van der Waals surface area contributed by atoms with E-state index in [0.717, 1.165) is 31.7 Å². The highest BCUT2D eigenvalue weighted by molar-refractivity contribution is 6.27. The molecule has 0 spiro atoms. The number of hydrazine groups is 1. The second-order valence-electron chi connectivity index (χ2n) is 8.69. The van der Waals surface area contributed by atoms with Crippen molar-refractivity contribution in [3.63, 3.8) is 0 Å². The highest BCUT2D eigenvalue weighted by atomic mass is 16.2. The van der Waals surface area contributed by atoms with Crippen LogP contribution in [0.5, 0.6) is 0 Å². The number of benzene rings is 2. The summed E-state index contributed by atoms with van der Waals surface area (Å²) in [5.41, 5.74) is 11.0. The molecule has 5 rings (SSSR count). The largest absolute Gasteiger partial charge is 0.369 e. The van der Waals surface area contributed by atoms with E-state index in [1.54, 1.807) is 31.2 Å². The summed E-state index contributed by atoms with van der Waals surface area (Å²) in [7, 11) is 5.55. The zero-order chi connectivity index (χ0) is 23.3. The third kappa shape index (κ3) is 3.46. The number of nitrogens with one attached hydrogen (secondary N) is 1. The minimum Gasteiger partial charge on any atom is -0.369 e. The molecule has 3 N–H and O–H groups in total. The van der Waals surface area contributed by atoms with Gasteiger partial charge < -0.3 is 15.5 Å². The molecule has 0 saturated carbocycles. The summed E-state index contributed by atoms with van der Waals surface area (Å²) in [6.07, 6.45) is 0. The lowest BCUT2D eigenvalue weighted by Crippen LogP contribution is -2.46. The lowest BCUT2D eigenvalue weighted by Gasteiger charge is -2.34. The zero-order valence-electron chi connectivity index (χ0n) is 19.0. The molecule has 1 aromatic heterocycles. The number of nitrogens with zero attached hydrogens (tertiary/aromatic N) is 5. The quantitative estimate of drug-likeness (QED) is 0.468. The number of amides is 2. The van der Waals surface area contributed by atoms with Crippen molar-refractivity contribution >= 4 is 23.2 Å². The van der Waals surface area contributed by atoms with Crippen LogP contribution in [0.15, 0.2) is 42.5 Å². The Labute approximate surface area is 192 Å². The van der Waals surface area contributed by atoms with Gasteiger partial charge in [0.2, 0.25) is 0 Å². The minimum atomic E-state index is -0.658. The van der Waals surface area contributed by atoms with E-state index < -0.39 is 6.03 Å². The Morgan fingerprint density at radius 2 is 1.73 bits per heavy atom. The maximum atomic E-state index is 13.6. The maximum Gasteiger partial charge on any atom is 0.334 e. The Hall–Kier alpha value is -3.69. The summed E-state index contributed by atoms with van der Waals surface area (Å²) in [4.78, 5) is 30.4. The predicted molar refractivity (Wildman–Crippen MR) is 128 cm³/mol. The molecule has 2 aromatic carbocycles. The number of aromatic amines is 1. The van der Waals surface area contributed by atoms with Crippen molar-refractivity contribution in [1.29, 1.82) is 0 Å². The van der Waals surface area contributed by atoms with Crippen molar-refractivity contribution < 1.29 is 9.59 Å². The number of likely N-dealkylation sites (N-methyl/N-ethyl adjacent to an activating group) is 1. The van der Waals surface area contributed by atoms with E-state index in [0.29, 0.717) is 33.8 Å². The van der Waals surface area contributed by atoms with Crippen LogP contribution < -0.4 is 15.6 Å². The van der Waals surface area contributed by atoms with Gasteiger partial charge in [0, 0.05) is 57.1 Å². The third-order valence-corrected chi connectivity index (χ3v) is 6.38. The number of anilines is 2. The number of hydrogen-bond donors (Lipinski definition) is 2. The monoisotopic (exact) mass is 445 g/mol. The van der Waals surface area contributed by atoms with E-state index in [-0.39, 0.29) is 5.78 Å². The maximum absolute atomic E-state index is 13.6. The normalized spacial score (nSPS) is 15.6. The molecule has 33 heavy (non-hydrogen) atoms. The highest BCUT2D eigenvalue weighted by Gasteiger charge is 2.36. The van der Waals surface area contributed by atoms with E-state index in [9.17, 15) is 9.59 Å². The molecule has 1 aliphatic heterocycles. The van der Waals surface area contributed by atoms with E-state index in [1.807, 2.05) is 18.2 Å². The topological polar surface area (TPSA) is 102 Å². The summed E-state index contributed by atoms with van der Waals surface area (Å²) >= 11 is 0. The molecule has 2 heterocycles. The molecule has 0 radical (unpaired) electrons. The van der Waals surface area contributed by atoms with Crippen LogP contribution in [-0.4, -0.2) is 79.2 Å². The molecular formula is C24H27N7O2. The number of urea groups is 1. The van der Waals surface area contributed by atoms with Crippen LogP contribution in [0.1, 0.15) is 15.9 Å². The Balaban J connectivity index is 1.50. The second kappa shape index (κ2) is 8.02. The van der Waals surface area contributed by atoms with Gasteiger partial charge in [-0.25, -0.2) is 14.8 Å². The van der Waals surface area contributed by atoms with Gasteiger partial charge in [0.15, 0.2) is 5.78 Å². The summed E-state index contributed by atoms with van der Waals surface area (Å²) in [6, 6.07) is 12.9. The van der Waals surface area contributed by atoms with Crippen molar-refractivity contribution in [3.8, 4) is 22.5 Å². The fraction of sp³-hybridized carbons (Fsp3) is 0.292. The van der Waals surface area contributed by atoms with Crippen LogP contribution >= 0.6 is 0 Å². The minimum absolute atomic E-state index is 0.171. The third-order valence-electron chi connectivity index (χ3n) is 6.38. The SMILES string of the molecule is CN1CCN(c2ccc(-c3n[nH]c4c3C(=O)c3c-4cccc3N(C(N)=O)N(C)C)cc2)CC1. The smallest absolute Gasteiger partial charge is 0.334 e. The summed E-state index contributed by atoms with van der Waals surface area (Å²) < 4.78 is 0. The number of H-pyrrole nitrogens is 1. The molecule has 170 valence electrons. The van der Waals surface area contributed by atoms with Gasteiger partial charge in [0.25, 0.3) is 0 Å². The number of ketones is 1. The molecule has 1 fully saturated rings. The highest BCUT2D eigenvalue weighted by Crippen LogP contribution is 2.44. The standard InChI is InChI=1S/C24H27N7O2/c1-28(2)31(24(25)33)18-6-4-5-17-19(18)23(32)20-21(26-27-22(17)20)15-7-9-16(10-8-15)30-13-11-29(3)12-14-30/h4-10H,11-14H2,1-3H3,(H2,25,33)(H,26,27). The summed E-state index contributed by atoms with van der Waals surface area (Å²) in [5.74, 6) is -0.171. The number of primary amides is 1. The summed E-state index contributed by atoms with van der Waals surface area (Å²) in [6.45, 7) is 4.07. The summed E-state index contributed by atoms with van der Waals surface area (Å²) in [5, 5.41) is 10.4. The van der Waals surface area contributed by atoms with Crippen molar-refractivity contribution in [2.75, 3.05) is 57.2 Å². The number of aromatic nitrogens is 2. The number of rotatable bonds is 4. The second-order valence-corrected chi connectivity index (χ2v) is 8.69. The molecule has 9 heteroatoms. The first-order valence-electron chi connectivity index (χ1n) is 10.9. The lowest BCUT2D eigenvalue weighted by molar-refractivity contribution is 0.104. The lowest BCUT2D eigenvalue weighted by atomic mass is 10.0. The molecule has 1 aliphatic carbocycles. The number of fused-ring (bicyclic) bond motifs is 3. The van der Waals surface area contributed by atoms with E-state index in [4.69, 9.17) is 5.73 Å². The van der Waals surface area contributed by atoms with Gasteiger partial charge in [-0.2, -0.15) is 5.10 Å². The van der Waals surface area contributed by atoms with Gasteiger partial charge in [-0.15, -0.1) is 0 Å². The van der Waals surface area contributed by atoms with Crippen LogP contribution in [0.4, 0.5) is 16.2 Å². The van der Waals surface area contributed by atoms with E-state index >= 15 is 0 Å². The molecule has 0 atom stereocenters. The average molecular weight is 446 g/mol. The van der Waals surface area contributed by atoms with E-state index in [2.05, 4.69) is 39.2 Å². The van der Waals surface area contributed by atoms with Crippen LogP contribution in [-0.2, 0) is 0 Å². The molecule has 0 unspecified atom stereocenters. The molecule has 2 amide bonds. The molecule has 2 aliphatic rings. The fourth-order valence-corrected chi connectivity index (χ4v) is 4.68. The van der Waals surface area contributed by atoms with Gasteiger partial charge in [-0.1, -0.05) is 24.3 Å². The van der Waals surface area contributed by atoms with Gasteiger partial charge in [-0.3, -0.25) is 9.89 Å². The van der Waals surface area contributed by atoms with Crippen molar-refractivity contribution in [1.82, 2.24) is 20.1 Å². The van der Waals surface area contributed by atoms with E-state index in [1.165, 1.54) is 10.7 Å². The molecule has 1 saturated heterocycles. The molecule has 3 aromatic rings. The van der Waals surface area contributed by atoms with Crippen molar-refractivity contribution in [3.05, 3.63) is 53.6 Å². The Kier molecular flexibility index (Phi) is 5.15. The Morgan fingerprint density at radius 3 is 2.36 bits per heavy atom. The Bertz CT molecular complexity index is 1220. The number of nitrogens with two attached hydrogens (primary N) is 1. The number of hydrogen-bond acceptors (Lipinski definition) is 6. The first-order valence-corrected chi connectivity index (χ1v) is 10.9. The Morgan fingerprint density at radius 1 is 1.03 bits per heavy atom. The number of carbonyl (C=O) groups excluding carboxylic acids is 2. The first-order chi connectivity index (χ1) is 15.9. The average Bonchev–Trinajstić information content (AvgIpc) is 3.34. The van der Waals surface area contributed by atoms with Crippen molar-refractivity contribution in [2.24, 2.45) is 5.73 Å². The number of piperazine rings is 1. The first kappa shape index (κ1) is 21.2. The van der Waals surface area contributed by atoms with Gasteiger partial charge in [0.05, 0.1) is 22.5 Å². The molecule has 0 bridgehead atoms. The van der Waals surface area contributed by atoms with Gasteiger partial charge >= 0.3 is 6.03 Å². The van der Waals surface area contributed by atoms with Crippen LogP contribution in [0.3, 0.4) is 0 Å². The van der Waals surface area contributed by atoms with Gasteiger partial charge in [0.1, 0.15) is 5.69 Å². The van der Waals surface area contributed by atoms with Crippen LogP contribution in [0.25, 0.3) is 22.5 Å². The fourth-order valence-electron chi connectivity index (χ4n) is 4.68. The van der Waals surface area contributed by atoms with Gasteiger partial charge in [-0.05, 0) is 25.2 Å². The van der Waals surface area contributed by atoms with Crippen LogP contribution in [0.2, 0.25) is 0 Å². The number of carbonyl (C=O) groups is 2. The van der Waals surface area contributed by atoms with Crippen molar-refractivity contribution in [2.45, 2.75) is 0 Å². The molecular weight excluding hydrogens is 418 g/mol. The van der Waals surface area contributed by atoms with Crippen LogP contribution in [0, 0.1) is 0 Å². The predicted octanol–water partition coefficient (Wildman–Crippen LogP) is 2.40.